The van der Waals surface area contributed by atoms with Crippen molar-refractivity contribution in [1.82, 2.24) is 4.90 Å². The molecule has 0 heterocycles. The van der Waals surface area contributed by atoms with Gasteiger partial charge in [0.15, 0.2) is 0 Å². The maximum absolute atomic E-state index is 11.7. The summed E-state index contributed by atoms with van der Waals surface area (Å²) in [6, 6.07) is 3.87. The van der Waals surface area contributed by atoms with Crippen molar-refractivity contribution in [2.45, 2.75) is 0 Å². The zero-order valence-corrected chi connectivity index (χ0v) is 8.47. The number of phenols is 2. The monoisotopic (exact) mass is 207 g/mol. The van der Waals surface area contributed by atoms with Crippen molar-refractivity contribution >= 4 is 5.91 Å². The molecule has 80 valence electrons. The molecule has 4 nitrogen and oxygen atoms in total. The summed E-state index contributed by atoms with van der Waals surface area (Å²) in [5, 5.41) is 18.5. The normalized spacial score (nSPS) is 9.67. The Bertz CT molecular complexity index is 387. The van der Waals surface area contributed by atoms with Crippen LogP contribution in [0.4, 0.5) is 0 Å². The number of rotatable bonds is 3. The fraction of sp³-hybridized carbons (Fsp3) is 0.182. The average molecular weight is 207 g/mol. The number of amides is 1. The summed E-state index contributed by atoms with van der Waals surface area (Å²) in [4.78, 5) is 13.1. The molecule has 0 bridgehead atoms. The first kappa shape index (κ1) is 11.1. The van der Waals surface area contributed by atoms with Crippen LogP contribution in [-0.4, -0.2) is 34.6 Å². The molecule has 0 aromatic heterocycles. The van der Waals surface area contributed by atoms with Gasteiger partial charge in [-0.2, -0.15) is 0 Å². The van der Waals surface area contributed by atoms with E-state index in [4.69, 9.17) is 5.11 Å². The first-order valence-corrected chi connectivity index (χ1v) is 4.44. The van der Waals surface area contributed by atoms with Crippen LogP contribution < -0.4 is 0 Å². The zero-order chi connectivity index (χ0) is 11.4. The van der Waals surface area contributed by atoms with Gasteiger partial charge in [0.25, 0.3) is 5.91 Å². The van der Waals surface area contributed by atoms with E-state index < -0.39 is 0 Å². The predicted octanol–water partition coefficient (Wildman–Crippen LogP) is 1.36. The third-order valence-corrected chi connectivity index (χ3v) is 1.96. The van der Waals surface area contributed by atoms with Gasteiger partial charge in [-0.25, -0.2) is 0 Å². The number of nitrogens with zero attached hydrogens (tertiary/aromatic N) is 1. The number of likely N-dealkylation sites (N-methyl/N-ethyl adjacent to an activating group) is 1. The number of carbonyl (C=O) groups excluding carboxylic acids is 1. The summed E-state index contributed by atoms with van der Waals surface area (Å²) in [5.41, 5.74) is 0.164. The standard InChI is InChI=1S/C11H13NO3/c1-3-6-12(2)11(15)9-5-4-8(13)7-10(9)14/h3-5,7,13-14H,1,6H2,2H3. The molecule has 0 aliphatic carbocycles. The molecule has 1 aromatic rings. The van der Waals surface area contributed by atoms with Gasteiger partial charge in [0.1, 0.15) is 11.5 Å². The van der Waals surface area contributed by atoms with Crippen molar-refractivity contribution in [3.05, 3.63) is 36.4 Å². The summed E-state index contributed by atoms with van der Waals surface area (Å²) in [6.07, 6.45) is 1.59. The quantitative estimate of drug-likeness (QED) is 0.735. The highest BCUT2D eigenvalue weighted by Crippen LogP contribution is 2.23. The van der Waals surface area contributed by atoms with Crippen molar-refractivity contribution in [3.63, 3.8) is 0 Å². The number of hydrogen-bond donors (Lipinski definition) is 2. The van der Waals surface area contributed by atoms with Gasteiger partial charge >= 0.3 is 0 Å². The smallest absolute Gasteiger partial charge is 0.257 e. The summed E-state index contributed by atoms with van der Waals surface area (Å²) in [6.45, 7) is 3.92. The van der Waals surface area contributed by atoms with Gasteiger partial charge in [0, 0.05) is 19.7 Å². The lowest BCUT2D eigenvalue weighted by molar-refractivity contribution is 0.0807. The number of hydrogen-bond acceptors (Lipinski definition) is 3. The van der Waals surface area contributed by atoms with Gasteiger partial charge in [0.05, 0.1) is 5.56 Å². The Balaban J connectivity index is 2.96. The average Bonchev–Trinajstić information content (AvgIpc) is 2.17. The minimum Gasteiger partial charge on any atom is -0.508 e. The molecule has 0 saturated carbocycles. The predicted molar refractivity (Wildman–Crippen MR) is 56.9 cm³/mol. The van der Waals surface area contributed by atoms with E-state index in [1.54, 1.807) is 13.1 Å². The van der Waals surface area contributed by atoms with Crippen LogP contribution in [0.3, 0.4) is 0 Å². The lowest BCUT2D eigenvalue weighted by Gasteiger charge is -2.15. The van der Waals surface area contributed by atoms with Gasteiger partial charge in [-0.15, -0.1) is 6.58 Å². The molecule has 0 spiro atoms. The van der Waals surface area contributed by atoms with E-state index in [0.717, 1.165) is 6.07 Å². The molecule has 0 atom stereocenters. The molecule has 15 heavy (non-hydrogen) atoms. The van der Waals surface area contributed by atoms with Crippen molar-refractivity contribution in [2.75, 3.05) is 13.6 Å². The SMILES string of the molecule is C=CCN(C)C(=O)c1ccc(O)cc1O. The van der Waals surface area contributed by atoms with E-state index in [0.29, 0.717) is 6.54 Å². The Morgan fingerprint density at radius 2 is 2.20 bits per heavy atom. The topological polar surface area (TPSA) is 60.8 Å². The maximum atomic E-state index is 11.7. The fourth-order valence-electron chi connectivity index (χ4n) is 1.18. The van der Waals surface area contributed by atoms with E-state index in [2.05, 4.69) is 6.58 Å². The van der Waals surface area contributed by atoms with E-state index in [9.17, 15) is 9.90 Å². The largest absolute Gasteiger partial charge is 0.508 e. The third kappa shape index (κ3) is 2.49. The van der Waals surface area contributed by atoms with Crippen molar-refractivity contribution in [2.24, 2.45) is 0 Å². The van der Waals surface area contributed by atoms with Crippen LogP contribution in [0.5, 0.6) is 11.5 Å². The van der Waals surface area contributed by atoms with E-state index in [1.807, 2.05) is 0 Å². The van der Waals surface area contributed by atoms with Gasteiger partial charge < -0.3 is 15.1 Å². The number of phenolic OH excluding ortho intramolecular Hbond substituents is 2. The van der Waals surface area contributed by atoms with Gasteiger partial charge in [-0.3, -0.25) is 4.79 Å². The highest BCUT2D eigenvalue weighted by molar-refractivity contribution is 5.96. The van der Waals surface area contributed by atoms with Crippen molar-refractivity contribution in [1.29, 1.82) is 0 Å². The molecule has 2 N–H and O–H groups in total. The number of benzene rings is 1. The number of aromatic hydroxyl groups is 2. The van der Waals surface area contributed by atoms with E-state index >= 15 is 0 Å². The molecule has 0 aliphatic heterocycles. The van der Waals surface area contributed by atoms with Crippen molar-refractivity contribution < 1.29 is 15.0 Å². The van der Waals surface area contributed by atoms with Gasteiger partial charge in [-0.05, 0) is 12.1 Å². The summed E-state index contributed by atoms with van der Waals surface area (Å²) in [5.74, 6) is -0.612. The van der Waals surface area contributed by atoms with Gasteiger partial charge in [0.2, 0.25) is 0 Å². The van der Waals surface area contributed by atoms with Gasteiger partial charge in [-0.1, -0.05) is 6.08 Å². The molecular formula is C11H13NO3. The lowest BCUT2D eigenvalue weighted by atomic mass is 10.1. The molecule has 0 fully saturated rings. The summed E-state index contributed by atoms with van der Waals surface area (Å²) < 4.78 is 0. The zero-order valence-electron chi connectivity index (χ0n) is 8.47. The van der Waals surface area contributed by atoms with Crippen LogP contribution in [0.1, 0.15) is 10.4 Å². The molecule has 0 unspecified atom stereocenters. The van der Waals surface area contributed by atoms with E-state index in [1.165, 1.54) is 17.0 Å². The maximum Gasteiger partial charge on any atom is 0.257 e. The van der Waals surface area contributed by atoms with E-state index in [-0.39, 0.29) is 23.0 Å². The molecule has 4 heteroatoms. The second kappa shape index (κ2) is 4.50. The highest BCUT2D eigenvalue weighted by atomic mass is 16.3. The Hall–Kier alpha value is -1.97. The van der Waals surface area contributed by atoms with Crippen molar-refractivity contribution in [3.8, 4) is 11.5 Å². The van der Waals surface area contributed by atoms with Crippen LogP contribution in [0.2, 0.25) is 0 Å². The summed E-state index contributed by atoms with van der Waals surface area (Å²) in [7, 11) is 1.61. The molecule has 0 aliphatic rings. The molecule has 0 saturated heterocycles. The van der Waals surface area contributed by atoms with Crippen LogP contribution in [0, 0.1) is 0 Å². The highest BCUT2D eigenvalue weighted by Gasteiger charge is 2.14. The third-order valence-electron chi connectivity index (χ3n) is 1.96. The number of carbonyl (C=O) groups is 1. The Labute approximate surface area is 88.1 Å². The first-order chi connectivity index (χ1) is 7.06. The molecule has 1 amide bonds. The van der Waals surface area contributed by atoms with Crippen LogP contribution in [0.15, 0.2) is 30.9 Å². The molecule has 1 rings (SSSR count). The Morgan fingerprint density at radius 3 is 2.73 bits per heavy atom. The Morgan fingerprint density at radius 1 is 1.53 bits per heavy atom. The molecule has 0 radical (unpaired) electrons. The first-order valence-electron chi connectivity index (χ1n) is 4.44. The van der Waals surface area contributed by atoms with Crippen LogP contribution in [-0.2, 0) is 0 Å². The molecular weight excluding hydrogens is 194 g/mol. The molecule has 1 aromatic carbocycles. The minimum absolute atomic E-state index is 0.0737. The summed E-state index contributed by atoms with van der Waals surface area (Å²) >= 11 is 0. The lowest BCUT2D eigenvalue weighted by Crippen LogP contribution is -2.26. The van der Waals surface area contributed by atoms with Crippen LogP contribution >= 0.6 is 0 Å². The second-order valence-corrected chi connectivity index (χ2v) is 3.18. The second-order valence-electron chi connectivity index (χ2n) is 3.18. The van der Waals surface area contributed by atoms with Crippen LogP contribution in [0.25, 0.3) is 0 Å². The Kier molecular flexibility index (Phi) is 3.33. The minimum atomic E-state index is -0.313. The fourth-order valence-corrected chi connectivity index (χ4v) is 1.18.